The Morgan fingerprint density at radius 3 is 2.60 bits per heavy atom. The first kappa shape index (κ1) is 10.7. The van der Waals surface area contributed by atoms with Crippen molar-refractivity contribution >= 4 is 6.09 Å². The van der Waals surface area contributed by atoms with Gasteiger partial charge < -0.3 is 14.4 Å². The summed E-state index contributed by atoms with van der Waals surface area (Å²) in [5, 5.41) is 0. The van der Waals surface area contributed by atoms with E-state index in [0.29, 0.717) is 12.0 Å². The summed E-state index contributed by atoms with van der Waals surface area (Å²) >= 11 is 0. The van der Waals surface area contributed by atoms with Gasteiger partial charge in [-0.15, -0.1) is 0 Å². The molecule has 0 spiro atoms. The largest absolute Gasteiger partial charge is 0.446 e. The van der Waals surface area contributed by atoms with E-state index < -0.39 is 0 Å². The van der Waals surface area contributed by atoms with Gasteiger partial charge in [0.2, 0.25) is 0 Å². The highest BCUT2D eigenvalue weighted by molar-refractivity contribution is 5.68. The van der Waals surface area contributed by atoms with Crippen molar-refractivity contribution in [2.75, 3.05) is 20.2 Å². The van der Waals surface area contributed by atoms with Crippen molar-refractivity contribution in [3.63, 3.8) is 0 Å². The quantitative estimate of drug-likeness (QED) is 0.700. The van der Waals surface area contributed by atoms with E-state index in [-0.39, 0.29) is 12.2 Å². The van der Waals surface area contributed by atoms with E-state index in [4.69, 9.17) is 9.47 Å². The Morgan fingerprint density at radius 1 is 1.33 bits per heavy atom. The molecule has 1 amide bonds. The molecule has 0 aromatic carbocycles. The van der Waals surface area contributed by atoms with Gasteiger partial charge in [0.1, 0.15) is 6.10 Å². The van der Waals surface area contributed by atoms with Crippen LogP contribution < -0.4 is 0 Å². The number of hydrogen-bond acceptors (Lipinski definition) is 3. The minimum Gasteiger partial charge on any atom is -0.446 e. The predicted molar refractivity (Wildman–Crippen MR) is 55.7 cm³/mol. The van der Waals surface area contributed by atoms with Crippen LogP contribution in [0.5, 0.6) is 0 Å². The van der Waals surface area contributed by atoms with Crippen molar-refractivity contribution in [2.24, 2.45) is 5.92 Å². The van der Waals surface area contributed by atoms with Gasteiger partial charge in [-0.3, -0.25) is 0 Å². The molecule has 0 bridgehead atoms. The molecule has 4 nitrogen and oxygen atoms in total. The molecule has 0 aromatic rings. The first-order chi connectivity index (χ1) is 7.19. The van der Waals surface area contributed by atoms with Crippen molar-refractivity contribution < 1.29 is 14.3 Å². The third kappa shape index (κ3) is 2.43. The van der Waals surface area contributed by atoms with Gasteiger partial charge in [-0.1, -0.05) is 6.92 Å². The van der Waals surface area contributed by atoms with Crippen LogP contribution in [0.3, 0.4) is 0 Å². The average molecular weight is 213 g/mol. The van der Waals surface area contributed by atoms with Crippen LogP contribution in [0.15, 0.2) is 0 Å². The van der Waals surface area contributed by atoms with E-state index >= 15 is 0 Å². The molecular formula is C11H19NO3. The van der Waals surface area contributed by atoms with Crippen LogP contribution in [0.2, 0.25) is 0 Å². The third-order valence-corrected chi connectivity index (χ3v) is 3.33. The van der Waals surface area contributed by atoms with Crippen molar-refractivity contribution in [1.29, 1.82) is 0 Å². The van der Waals surface area contributed by atoms with E-state index in [1.165, 1.54) is 0 Å². The molecule has 1 aliphatic carbocycles. The van der Waals surface area contributed by atoms with Crippen LogP contribution in [0.25, 0.3) is 0 Å². The van der Waals surface area contributed by atoms with Gasteiger partial charge >= 0.3 is 6.09 Å². The molecule has 15 heavy (non-hydrogen) atoms. The Hall–Kier alpha value is -0.770. The number of carbonyl (C=O) groups is 1. The summed E-state index contributed by atoms with van der Waals surface area (Å²) < 4.78 is 10.5. The first-order valence-corrected chi connectivity index (χ1v) is 5.67. The van der Waals surface area contributed by atoms with Gasteiger partial charge in [0.25, 0.3) is 0 Å². The lowest BCUT2D eigenvalue weighted by Crippen LogP contribution is -2.41. The number of carbonyl (C=O) groups excluding carboxylic acids is 1. The molecule has 0 radical (unpaired) electrons. The van der Waals surface area contributed by atoms with Crippen LogP contribution >= 0.6 is 0 Å². The Morgan fingerprint density at radius 2 is 2.07 bits per heavy atom. The molecule has 0 N–H and O–H groups in total. The maximum atomic E-state index is 11.7. The fraction of sp³-hybridized carbons (Fsp3) is 0.909. The van der Waals surface area contributed by atoms with E-state index in [1.807, 2.05) is 4.90 Å². The lowest BCUT2D eigenvalue weighted by molar-refractivity contribution is -0.0628. The lowest BCUT2D eigenvalue weighted by Gasteiger charge is -2.34. The SMILES string of the molecule is COC1CC(OC(=O)N2CCC(C)C2)C1. The van der Waals surface area contributed by atoms with Gasteiger partial charge in [-0.25, -0.2) is 4.79 Å². The topological polar surface area (TPSA) is 38.8 Å². The molecule has 1 heterocycles. The van der Waals surface area contributed by atoms with Gasteiger partial charge in [0.15, 0.2) is 0 Å². The Kier molecular flexibility index (Phi) is 3.14. The highest BCUT2D eigenvalue weighted by Crippen LogP contribution is 2.27. The van der Waals surface area contributed by atoms with Crippen molar-refractivity contribution in [3.05, 3.63) is 0 Å². The zero-order valence-electron chi connectivity index (χ0n) is 9.44. The van der Waals surface area contributed by atoms with Crippen LogP contribution in [0.4, 0.5) is 4.79 Å². The number of rotatable bonds is 2. The molecule has 2 rings (SSSR count). The van der Waals surface area contributed by atoms with E-state index in [9.17, 15) is 4.79 Å². The number of methoxy groups -OCH3 is 1. The summed E-state index contributed by atoms with van der Waals surface area (Å²) in [5.74, 6) is 0.616. The summed E-state index contributed by atoms with van der Waals surface area (Å²) in [6.07, 6.45) is 3.04. The highest BCUT2D eigenvalue weighted by atomic mass is 16.6. The predicted octanol–water partition coefficient (Wildman–Crippen LogP) is 1.64. The summed E-state index contributed by atoms with van der Waals surface area (Å²) in [6.45, 7) is 3.86. The van der Waals surface area contributed by atoms with Gasteiger partial charge in [-0.05, 0) is 12.3 Å². The highest BCUT2D eigenvalue weighted by Gasteiger charge is 2.34. The number of hydrogen-bond donors (Lipinski definition) is 0. The minimum absolute atomic E-state index is 0.0818. The number of nitrogens with zero attached hydrogens (tertiary/aromatic N) is 1. The molecule has 4 heteroatoms. The van der Waals surface area contributed by atoms with Gasteiger partial charge in [0.05, 0.1) is 6.10 Å². The van der Waals surface area contributed by atoms with Crippen LogP contribution in [0, 0.1) is 5.92 Å². The molecule has 1 aliphatic heterocycles. The van der Waals surface area contributed by atoms with Gasteiger partial charge in [0, 0.05) is 33.0 Å². The van der Waals surface area contributed by atoms with Crippen molar-refractivity contribution in [1.82, 2.24) is 4.90 Å². The molecule has 2 aliphatic rings. The zero-order valence-corrected chi connectivity index (χ0v) is 9.44. The maximum absolute atomic E-state index is 11.7. The maximum Gasteiger partial charge on any atom is 0.410 e. The molecule has 1 saturated carbocycles. The average Bonchev–Trinajstić information content (AvgIpc) is 2.57. The second-order valence-corrected chi connectivity index (χ2v) is 4.67. The van der Waals surface area contributed by atoms with E-state index in [0.717, 1.165) is 32.4 Å². The Bertz CT molecular complexity index is 238. The summed E-state index contributed by atoms with van der Waals surface area (Å²) in [6, 6.07) is 0. The summed E-state index contributed by atoms with van der Waals surface area (Å²) in [5.41, 5.74) is 0. The number of amides is 1. The lowest BCUT2D eigenvalue weighted by atomic mass is 9.92. The zero-order chi connectivity index (χ0) is 10.8. The molecule has 1 unspecified atom stereocenters. The molecule has 1 saturated heterocycles. The van der Waals surface area contributed by atoms with Crippen molar-refractivity contribution in [2.45, 2.75) is 38.4 Å². The standard InChI is InChI=1S/C11H19NO3/c1-8-3-4-12(7-8)11(13)15-10-5-9(6-10)14-2/h8-10H,3-7H2,1-2H3. The summed E-state index contributed by atoms with van der Waals surface area (Å²) in [7, 11) is 1.70. The van der Waals surface area contributed by atoms with Crippen LogP contribution in [0.1, 0.15) is 26.2 Å². The van der Waals surface area contributed by atoms with Crippen LogP contribution in [-0.2, 0) is 9.47 Å². The second-order valence-electron chi connectivity index (χ2n) is 4.67. The third-order valence-electron chi connectivity index (χ3n) is 3.33. The monoisotopic (exact) mass is 213 g/mol. The Balaban J connectivity index is 1.69. The Labute approximate surface area is 90.5 Å². The fourth-order valence-electron chi connectivity index (χ4n) is 2.12. The normalized spacial score (nSPS) is 35.1. The number of likely N-dealkylation sites (tertiary alicyclic amines) is 1. The smallest absolute Gasteiger partial charge is 0.410 e. The molecule has 2 fully saturated rings. The second kappa shape index (κ2) is 4.39. The fourth-order valence-corrected chi connectivity index (χ4v) is 2.12. The molecule has 86 valence electrons. The van der Waals surface area contributed by atoms with Gasteiger partial charge in [-0.2, -0.15) is 0 Å². The first-order valence-electron chi connectivity index (χ1n) is 5.67. The number of ether oxygens (including phenoxy) is 2. The van der Waals surface area contributed by atoms with E-state index in [2.05, 4.69) is 6.92 Å². The summed E-state index contributed by atoms with van der Waals surface area (Å²) in [4.78, 5) is 13.5. The molecular weight excluding hydrogens is 194 g/mol. The van der Waals surface area contributed by atoms with Crippen LogP contribution in [-0.4, -0.2) is 43.4 Å². The molecule has 1 atom stereocenters. The van der Waals surface area contributed by atoms with E-state index in [1.54, 1.807) is 7.11 Å². The molecule has 0 aromatic heterocycles. The minimum atomic E-state index is -0.140. The van der Waals surface area contributed by atoms with Crippen molar-refractivity contribution in [3.8, 4) is 0 Å².